The topological polar surface area (TPSA) is 86.5 Å². The van der Waals surface area contributed by atoms with Gasteiger partial charge in [0.05, 0.1) is 11.2 Å². The Morgan fingerprint density at radius 1 is 1.27 bits per heavy atom. The van der Waals surface area contributed by atoms with Crippen LogP contribution in [0, 0.1) is 0 Å². The summed E-state index contributed by atoms with van der Waals surface area (Å²) in [5, 5.41) is 10.5. The maximum Gasteiger partial charge on any atom is 0.250 e. The molecule has 0 spiro atoms. The summed E-state index contributed by atoms with van der Waals surface area (Å²) in [6.07, 6.45) is 3.83. The molecule has 0 aliphatic rings. The SMILES string of the molecule is CCC(CC)c1cc(Nc2cc(=O)[nH]c3cccnc23)n[nH]1. The van der Waals surface area contributed by atoms with Gasteiger partial charge in [-0.3, -0.25) is 14.9 Å². The van der Waals surface area contributed by atoms with Crippen molar-refractivity contribution >= 4 is 22.5 Å². The predicted molar refractivity (Wildman–Crippen MR) is 87.6 cm³/mol. The number of hydrogen-bond donors (Lipinski definition) is 3. The van der Waals surface area contributed by atoms with Crippen molar-refractivity contribution in [3.05, 3.63) is 46.5 Å². The molecule has 3 rings (SSSR count). The summed E-state index contributed by atoms with van der Waals surface area (Å²) in [5.41, 5.74) is 3.01. The molecule has 0 fully saturated rings. The number of aromatic nitrogens is 4. The average Bonchev–Trinajstić information content (AvgIpc) is 2.97. The van der Waals surface area contributed by atoms with Crippen molar-refractivity contribution in [1.82, 2.24) is 20.2 Å². The minimum Gasteiger partial charge on any atom is -0.337 e. The molecule has 3 heterocycles. The number of nitrogens with one attached hydrogen (secondary N) is 3. The Labute approximate surface area is 128 Å². The number of fused-ring (bicyclic) bond motifs is 1. The van der Waals surface area contributed by atoms with Gasteiger partial charge in [-0.1, -0.05) is 13.8 Å². The lowest BCUT2D eigenvalue weighted by atomic mass is 10.00. The van der Waals surface area contributed by atoms with E-state index in [1.807, 2.05) is 12.1 Å². The van der Waals surface area contributed by atoms with Crippen LogP contribution in [0.25, 0.3) is 11.0 Å². The third-order valence-electron chi connectivity index (χ3n) is 3.88. The predicted octanol–water partition coefficient (Wildman–Crippen LogP) is 3.29. The molecule has 3 aromatic rings. The first-order valence-corrected chi connectivity index (χ1v) is 7.51. The Hall–Kier alpha value is -2.63. The first kappa shape index (κ1) is 14.3. The highest BCUT2D eigenvalue weighted by Crippen LogP contribution is 2.25. The van der Waals surface area contributed by atoms with E-state index in [1.165, 1.54) is 6.07 Å². The molecule has 0 amide bonds. The number of rotatable bonds is 5. The zero-order valence-electron chi connectivity index (χ0n) is 12.7. The van der Waals surface area contributed by atoms with Gasteiger partial charge in [0.15, 0.2) is 5.82 Å². The normalized spacial score (nSPS) is 11.2. The lowest BCUT2D eigenvalue weighted by Crippen LogP contribution is -2.07. The lowest BCUT2D eigenvalue weighted by Gasteiger charge is -2.08. The van der Waals surface area contributed by atoms with Crippen LogP contribution < -0.4 is 10.9 Å². The van der Waals surface area contributed by atoms with E-state index in [9.17, 15) is 4.79 Å². The second kappa shape index (κ2) is 6.01. The summed E-state index contributed by atoms with van der Waals surface area (Å²) in [5.74, 6) is 1.16. The van der Waals surface area contributed by atoms with Crippen LogP contribution in [0.5, 0.6) is 0 Å². The molecule has 0 aliphatic carbocycles. The second-order valence-electron chi connectivity index (χ2n) is 5.29. The largest absolute Gasteiger partial charge is 0.337 e. The van der Waals surface area contributed by atoms with Gasteiger partial charge in [-0.05, 0) is 25.0 Å². The van der Waals surface area contributed by atoms with Gasteiger partial charge in [-0.15, -0.1) is 0 Å². The number of H-pyrrole nitrogens is 2. The van der Waals surface area contributed by atoms with Crippen LogP contribution in [0.4, 0.5) is 11.5 Å². The fourth-order valence-electron chi connectivity index (χ4n) is 2.66. The van der Waals surface area contributed by atoms with Gasteiger partial charge >= 0.3 is 0 Å². The van der Waals surface area contributed by atoms with E-state index in [0.717, 1.165) is 18.5 Å². The highest BCUT2D eigenvalue weighted by molar-refractivity contribution is 5.88. The van der Waals surface area contributed by atoms with Gasteiger partial charge in [-0.25, -0.2) is 0 Å². The number of aromatic amines is 2. The molecule has 0 aliphatic heterocycles. The molecule has 3 aromatic heterocycles. The molecule has 0 saturated heterocycles. The maximum atomic E-state index is 11.7. The van der Waals surface area contributed by atoms with E-state index in [4.69, 9.17) is 0 Å². The molecule has 0 unspecified atom stereocenters. The van der Waals surface area contributed by atoms with Crippen molar-refractivity contribution in [2.24, 2.45) is 0 Å². The summed E-state index contributed by atoms with van der Waals surface area (Å²) >= 11 is 0. The first-order chi connectivity index (χ1) is 10.7. The fourth-order valence-corrected chi connectivity index (χ4v) is 2.66. The van der Waals surface area contributed by atoms with E-state index in [0.29, 0.717) is 28.5 Å². The van der Waals surface area contributed by atoms with Crippen LogP contribution in [0.3, 0.4) is 0 Å². The third kappa shape index (κ3) is 2.72. The third-order valence-corrected chi connectivity index (χ3v) is 3.88. The molecule has 0 aromatic carbocycles. The lowest BCUT2D eigenvalue weighted by molar-refractivity contribution is 0.621. The second-order valence-corrected chi connectivity index (χ2v) is 5.29. The fraction of sp³-hybridized carbons (Fsp3) is 0.312. The highest BCUT2D eigenvalue weighted by Gasteiger charge is 2.12. The van der Waals surface area contributed by atoms with E-state index in [-0.39, 0.29) is 5.56 Å². The Balaban J connectivity index is 1.95. The molecule has 0 atom stereocenters. The van der Waals surface area contributed by atoms with E-state index >= 15 is 0 Å². The van der Waals surface area contributed by atoms with Crippen molar-refractivity contribution < 1.29 is 0 Å². The number of pyridine rings is 2. The minimum atomic E-state index is -0.168. The molecule has 0 saturated carbocycles. The van der Waals surface area contributed by atoms with Crippen LogP contribution in [-0.2, 0) is 0 Å². The number of hydrogen-bond acceptors (Lipinski definition) is 4. The summed E-state index contributed by atoms with van der Waals surface area (Å²) in [7, 11) is 0. The summed E-state index contributed by atoms with van der Waals surface area (Å²) in [6, 6.07) is 7.12. The highest BCUT2D eigenvalue weighted by atomic mass is 16.1. The van der Waals surface area contributed by atoms with Crippen molar-refractivity contribution in [2.45, 2.75) is 32.6 Å². The Kier molecular flexibility index (Phi) is 3.91. The Morgan fingerprint density at radius 3 is 2.86 bits per heavy atom. The van der Waals surface area contributed by atoms with E-state index in [2.05, 4.69) is 39.3 Å². The van der Waals surface area contributed by atoms with Crippen molar-refractivity contribution in [1.29, 1.82) is 0 Å². The minimum absolute atomic E-state index is 0.168. The van der Waals surface area contributed by atoms with Gasteiger partial charge in [0.2, 0.25) is 0 Å². The van der Waals surface area contributed by atoms with Gasteiger partial charge < -0.3 is 10.3 Å². The van der Waals surface area contributed by atoms with Gasteiger partial charge in [0.25, 0.3) is 5.56 Å². The number of anilines is 2. The summed E-state index contributed by atoms with van der Waals surface area (Å²) < 4.78 is 0. The summed E-state index contributed by atoms with van der Waals surface area (Å²) in [4.78, 5) is 18.8. The molecule has 0 radical (unpaired) electrons. The van der Waals surface area contributed by atoms with E-state index in [1.54, 1.807) is 12.3 Å². The molecule has 6 heteroatoms. The monoisotopic (exact) mass is 297 g/mol. The van der Waals surface area contributed by atoms with Crippen LogP contribution in [0.1, 0.15) is 38.3 Å². The smallest absolute Gasteiger partial charge is 0.250 e. The maximum absolute atomic E-state index is 11.7. The van der Waals surface area contributed by atoms with E-state index < -0.39 is 0 Å². The van der Waals surface area contributed by atoms with Crippen LogP contribution in [0.15, 0.2) is 35.3 Å². The average molecular weight is 297 g/mol. The zero-order valence-corrected chi connectivity index (χ0v) is 12.7. The standard InChI is InChI=1S/C16H19N5O/c1-3-10(4-2)12-8-14(21-20-12)18-13-9-15(22)19-11-6-5-7-17-16(11)13/h5-10H,3-4H2,1-2H3,(H3,18,19,20,21,22). The number of nitrogens with zero attached hydrogens (tertiary/aromatic N) is 2. The van der Waals surface area contributed by atoms with Gasteiger partial charge in [0.1, 0.15) is 5.52 Å². The van der Waals surface area contributed by atoms with Crippen molar-refractivity contribution in [3.8, 4) is 0 Å². The Morgan fingerprint density at radius 2 is 2.09 bits per heavy atom. The van der Waals surface area contributed by atoms with Gasteiger partial charge in [-0.2, -0.15) is 5.10 Å². The zero-order chi connectivity index (χ0) is 15.5. The molecule has 0 bridgehead atoms. The molecule has 6 nitrogen and oxygen atoms in total. The summed E-state index contributed by atoms with van der Waals surface area (Å²) in [6.45, 7) is 4.33. The van der Waals surface area contributed by atoms with Crippen molar-refractivity contribution in [2.75, 3.05) is 5.32 Å². The molecule has 22 heavy (non-hydrogen) atoms. The molecule has 3 N–H and O–H groups in total. The van der Waals surface area contributed by atoms with Crippen molar-refractivity contribution in [3.63, 3.8) is 0 Å². The molecule has 114 valence electrons. The van der Waals surface area contributed by atoms with Crippen LogP contribution in [-0.4, -0.2) is 20.2 Å². The molecular formula is C16H19N5O. The molecular weight excluding hydrogens is 278 g/mol. The first-order valence-electron chi connectivity index (χ1n) is 7.51. The quantitative estimate of drug-likeness (QED) is 0.674. The van der Waals surface area contributed by atoms with Gasteiger partial charge in [0, 0.05) is 29.9 Å². The van der Waals surface area contributed by atoms with Crippen LogP contribution >= 0.6 is 0 Å². The Bertz CT molecular complexity index is 832. The van der Waals surface area contributed by atoms with Crippen LogP contribution in [0.2, 0.25) is 0 Å².